The molecule has 2 aromatic carbocycles. The molecular formula is C20H24N2O3S. The summed E-state index contributed by atoms with van der Waals surface area (Å²) in [4.78, 5) is 12.9. The van der Waals surface area contributed by atoms with Crippen LogP contribution in [-0.4, -0.2) is 20.6 Å². The first-order chi connectivity index (χ1) is 12.3. The molecule has 1 fully saturated rings. The van der Waals surface area contributed by atoms with Crippen molar-refractivity contribution in [1.82, 2.24) is 5.32 Å². The molecule has 0 radical (unpaired) electrons. The number of anilines is 1. The van der Waals surface area contributed by atoms with Gasteiger partial charge in [0.05, 0.1) is 11.7 Å². The van der Waals surface area contributed by atoms with Gasteiger partial charge in [-0.05, 0) is 43.0 Å². The molecule has 2 N–H and O–H groups in total. The molecule has 0 spiro atoms. The Morgan fingerprint density at radius 1 is 1.12 bits per heavy atom. The molecule has 6 heteroatoms. The predicted molar refractivity (Wildman–Crippen MR) is 103 cm³/mol. The molecule has 0 atom stereocenters. The van der Waals surface area contributed by atoms with Gasteiger partial charge in [0.15, 0.2) is 0 Å². The number of nitrogens with one attached hydrogen (secondary N) is 2. The standard InChI is InChI=1S/C20H24N2O3S/c1-15-6-3-8-17(12-15)20(10-5-11-20)19(23)21-14-16-7-4-9-18(13-16)22-26(2,24)25/h3-4,6-9,12-13,22H,5,10-11,14H2,1-2H3,(H,21,23). The van der Waals surface area contributed by atoms with Crippen molar-refractivity contribution < 1.29 is 13.2 Å². The first-order valence-corrected chi connectivity index (χ1v) is 10.6. The maximum Gasteiger partial charge on any atom is 0.230 e. The van der Waals surface area contributed by atoms with Crippen LogP contribution in [0.3, 0.4) is 0 Å². The summed E-state index contributed by atoms with van der Waals surface area (Å²) in [5, 5.41) is 3.03. The van der Waals surface area contributed by atoms with E-state index in [-0.39, 0.29) is 5.91 Å². The van der Waals surface area contributed by atoms with Crippen LogP contribution < -0.4 is 10.0 Å². The minimum Gasteiger partial charge on any atom is -0.351 e. The normalized spacial score (nSPS) is 15.8. The number of aryl methyl sites for hydroxylation is 1. The zero-order valence-corrected chi connectivity index (χ0v) is 15.9. The van der Waals surface area contributed by atoms with Gasteiger partial charge in [-0.3, -0.25) is 9.52 Å². The fourth-order valence-corrected chi connectivity index (χ4v) is 3.99. The van der Waals surface area contributed by atoms with Gasteiger partial charge < -0.3 is 5.32 Å². The van der Waals surface area contributed by atoms with E-state index in [2.05, 4.69) is 16.1 Å². The Bertz CT molecular complexity index is 918. The fourth-order valence-electron chi connectivity index (χ4n) is 3.43. The van der Waals surface area contributed by atoms with E-state index >= 15 is 0 Å². The summed E-state index contributed by atoms with van der Waals surface area (Å²) in [7, 11) is -3.32. The number of hydrogen-bond acceptors (Lipinski definition) is 3. The van der Waals surface area contributed by atoms with Crippen LogP contribution in [0.5, 0.6) is 0 Å². The van der Waals surface area contributed by atoms with Crippen LogP contribution in [-0.2, 0) is 26.8 Å². The molecule has 138 valence electrons. The molecule has 0 bridgehead atoms. The first-order valence-electron chi connectivity index (χ1n) is 8.71. The van der Waals surface area contributed by atoms with Crippen LogP contribution in [0, 0.1) is 6.92 Å². The lowest BCUT2D eigenvalue weighted by molar-refractivity contribution is -0.130. The second-order valence-electron chi connectivity index (χ2n) is 7.06. The second-order valence-corrected chi connectivity index (χ2v) is 8.81. The van der Waals surface area contributed by atoms with Crippen molar-refractivity contribution >= 4 is 21.6 Å². The zero-order chi connectivity index (χ0) is 18.8. The summed E-state index contributed by atoms with van der Waals surface area (Å²) in [5.74, 6) is 0.0378. The summed E-state index contributed by atoms with van der Waals surface area (Å²) in [6.45, 7) is 2.40. The van der Waals surface area contributed by atoms with Crippen LogP contribution in [0.1, 0.15) is 36.0 Å². The minimum absolute atomic E-state index is 0.0378. The number of rotatable bonds is 6. The Kier molecular flexibility index (Phi) is 5.05. The Balaban J connectivity index is 1.71. The van der Waals surface area contributed by atoms with E-state index < -0.39 is 15.4 Å². The van der Waals surface area contributed by atoms with E-state index in [0.717, 1.165) is 42.2 Å². The van der Waals surface area contributed by atoms with Gasteiger partial charge in [-0.15, -0.1) is 0 Å². The minimum atomic E-state index is -3.32. The number of benzene rings is 2. The van der Waals surface area contributed by atoms with Gasteiger partial charge in [0.2, 0.25) is 15.9 Å². The van der Waals surface area contributed by atoms with Gasteiger partial charge in [0.1, 0.15) is 0 Å². The number of sulfonamides is 1. The van der Waals surface area contributed by atoms with Crippen molar-refractivity contribution in [1.29, 1.82) is 0 Å². The largest absolute Gasteiger partial charge is 0.351 e. The smallest absolute Gasteiger partial charge is 0.230 e. The molecule has 3 rings (SSSR count). The van der Waals surface area contributed by atoms with Crippen molar-refractivity contribution in [3.8, 4) is 0 Å². The van der Waals surface area contributed by atoms with Crippen LogP contribution in [0.25, 0.3) is 0 Å². The molecule has 5 nitrogen and oxygen atoms in total. The lowest BCUT2D eigenvalue weighted by atomic mass is 9.63. The summed E-state index contributed by atoms with van der Waals surface area (Å²) >= 11 is 0. The third-order valence-electron chi connectivity index (χ3n) is 4.90. The van der Waals surface area contributed by atoms with Gasteiger partial charge in [0.25, 0.3) is 0 Å². The maximum absolute atomic E-state index is 12.9. The zero-order valence-electron chi connectivity index (χ0n) is 15.1. The molecule has 0 heterocycles. The van der Waals surface area contributed by atoms with Crippen molar-refractivity contribution in [3.05, 3.63) is 65.2 Å². The van der Waals surface area contributed by atoms with Crippen LogP contribution in [0.15, 0.2) is 48.5 Å². The van der Waals surface area contributed by atoms with Crippen LogP contribution in [0.2, 0.25) is 0 Å². The van der Waals surface area contributed by atoms with Gasteiger partial charge in [-0.25, -0.2) is 8.42 Å². The maximum atomic E-state index is 12.9. The Morgan fingerprint density at radius 3 is 2.46 bits per heavy atom. The molecule has 2 aromatic rings. The summed E-state index contributed by atoms with van der Waals surface area (Å²) in [6, 6.07) is 15.2. The first kappa shape index (κ1) is 18.5. The van der Waals surface area contributed by atoms with E-state index in [1.165, 1.54) is 0 Å². The summed E-state index contributed by atoms with van der Waals surface area (Å²) < 4.78 is 25.2. The van der Waals surface area contributed by atoms with Gasteiger partial charge >= 0.3 is 0 Å². The second kappa shape index (κ2) is 7.11. The molecule has 1 saturated carbocycles. The molecule has 1 amide bonds. The van der Waals surface area contributed by atoms with Crippen LogP contribution in [0.4, 0.5) is 5.69 Å². The average Bonchev–Trinajstić information content (AvgIpc) is 2.51. The third kappa shape index (κ3) is 4.07. The van der Waals surface area contributed by atoms with Crippen molar-refractivity contribution in [2.75, 3.05) is 11.0 Å². The van der Waals surface area contributed by atoms with E-state index in [0.29, 0.717) is 12.2 Å². The molecule has 0 saturated heterocycles. The third-order valence-corrected chi connectivity index (χ3v) is 5.50. The van der Waals surface area contributed by atoms with Gasteiger partial charge in [-0.2, -0.15) is 0 Å². The molecular weight excluding hydrogens is 348 g/mol. The highest BCUT2D eigenvalue weighted by molar-refractivity contribution is 7.92. The number of carbonyl (C=O) groups is 1. The van der Waals surface area contributed by atoms with E-state index in [1.807, 2.05) is 31.2 Å². The highest BCUT2D eigenvalue weighted by Gasteiger charge is 2.45. The monoisotopic (exact) mass is 372 g/mol. The molecule has 0 aliphatic heterocycles. The summed E-state index contributed by atoms with van der Waals surface area (Å²) in [5.41, 5.74) is 3.14. The average molecular weight is 372 g/mol. The van der Waals surface area contributed by atoms with E-state index in [4.69, 9.17) is 0 Å². The Labute approximate surface area is 154 Å². The van der Waals surface area contributed by atoms with Crippen molar-refractivity contribution in [2.45, 2.75) is 38.1 Å². The van der Waals surface area contributed by atoms with E-state index in [9.17, 15) is 13.2 Å². The SMILES string of the molecule is Cc1cccc(C2(C(=O)NCc3cccc(NS(C)(=O)=O)c3)CCC2)c1. The molecule has 0 aromatic heterocycles. The molecule has 1 aliphatic carbocycles. The highest BCUT2D eigenvalue weighted by atomic mass is 32.2. The quantitative estimate of drug-likeness (QED) is 0.818. The Morgan fingerprint density at radius 2 is 1.85 bits per heavy atom. The molecule has 26 heavy (non-hydrogen) atoms. The van der Waals surface area contributed by atoms with Crippen LogP contribution >= 0.6 is 0 Å². The lowest BCUT2D eigenvalue weighted by Gasteiger charge is -2.41. The fraction of sp³-hybridized carbons (Fsp3) is 0.350. The van der Waals surface area contributed by atoms with Gasteiger partial charge in [-0.1, -0.05) is 48.4 Å². The number of amides is 1. The van der Waals surface area contributed by atoms with Gasteiger partial charge in [0, 0.05) is 12.2 Å². The number of carbonyl (C=O) groups excluding carboxylic acids is 1. The lowest BCUT2D eigenvalue weighted by Crippen LogP contribution is -2.49. The highest BCUT2D eigenvalue weighted by Crippen LogP contribution is 2.44. The Hall–Kier alpha value is -2.34. The predicted octanol–water partition coefficient (Wildman–Crippen LogP) is 3.10. The topological polar surface area (TPSA) is 75.3 Å². The number of hydrogen-bond donors (Lipinski definition) is 2. The van der Waals surface area contributed by atoms with E-state index in [1.54, 1.807) is 18.2 Å². The van der Waals surface area contributed by atoms with Crippen molar-refractivity contribution in [3.63, 3.8) is 0 Å². The van der Waals surface area contributed by atoms with Crippen molar-refractivity contribution in [2.24, 2.45) is 0 Å². The summed E-state index contributed by atoms with van der Waals surface area (Å²) in [6.07, 6.45) is 3.88. The molecule has 0 unspecified atom stereocenters. The molecule has 1 aliphatic rings.